The second-order valence-electron chi connectivity index (χ2n) is 5.14. The first-order chi connectivity index (χ1) is 11.1. The first-order valence-electron chi connectivity index (χ1n) is 7.43. The van der Waals surface area contributed by atoms with Gasteiger partial charge in [0, 0.05) is 17.1 Å². The quantitative estimate of drug-likeness (QED) is 0.759. The molecule has 1 atom stereocenters. The fraction of sp³-hybridized carbons (Fsp3) is 0.312. The van der Waals surface area contributed by atoms with Crippen LogP contribution >= 0.6 is 11.3 Å². The Hall–Kier alpha value is -2.41. The molecule has 122 valence electrons. The number of aromatic nitrogens is 1. The van der Waals surface area contributed by atoms with Gasteiger partial charge in [0.25, 0.3) is 0 Å². The third-order valence-corrected chi connectivity index (χ3v) is 3.97. The van der Waals surface area contributed by atoms with Crippen molar-refractivity contribution in [3.05, 3.63) is 41.4 Å². The fourth-order valence-electron chi connectivity index (χ4n) is 1.82. The summed E-state index contributed by atoms with van der Waals surface area (Å²) >= 11 is 1.29. The summed E-state index contributed by atoms with van der Waals surface area (Å²) in [6.07, 6.45) is 1.10. The Labute approximate surface area is 139 Å². The van der Waals surface area contributed by atoms with E-state index in [9.17, 15) is 9.59 Å². The lowest BCUT2D eigenvalue weighted by molar-refractivity contribution is -0.121. The molecule has 6 nitrogen and oxygen atoms in total. The first-order valence-corrected chi connectivity index (χ1v) is 8.31. The van der Waals surface area contributed by atoms with E-state index in [1.807, 2.05) is 32.0 Å². The predicted octanol–water partition coefficient (Wildman–Crippen LogP) is 3.24. The minimum absolute atomic E-state index is 0.0649. The molecule has 0 unspecified atom stereocenters. The Balaban J connectivity index is 1.84. The van der Waals surface area contributed by atoms with E-state index in [4.69, 9.17) is 0 Å². The van der Waals surface area contributed by atoms with Crippen molar-refractivity contribution in [2.24, 2.45) is 0 Å². The molecule has 0 bridgehead atoms. The van der Waals surface area contributed by atoms with Crippen molar-refractivity contribution in [1.29, 1.82) is 0 Å². The number of hydrogen-bond acceptors (Lipinski definition) is 4. The second kappa shape index (κ2) is 8.28. The molecule has 3 N–H and O–H groups in total. The average Bonchev–Trinajstić information content (AvgIpc) is 2.94. The molecule has 0 saturated heterocycles. The zero-order valence-electron chi connectivity index (χ0n) is 13.1. The summed E-state index contributed by atoms with van der Waals surface area (Å²) in [4.78, 5) is 27.9. The van der Waals surface area contributed by atoms with Gasteiger partial charge in [-0.15, -0.1) is 11.3 Å². The van der Waals surface area contributed by atoms with E-state index in [1.54, 1.807) is 17.5 Å². The van der Waals surface area contributed by atoms with Crippen LogP contribution in [0, 0.1) is 0 Å². The van der Waals surface area contributed by atoms with E-state index in [-0.39, 0.29) is 24.4 Å². The van der Waals surface area contributed by atoms with Crippen LogP contribution in [0.5, 0.6) is 0 Å². The van der Waals surface area contributed by atoms with Crippen LogP contribution in [0.25, 0.3) is 0 Å². The maximum absolute atomic E-state index is 11.9. The SMILES string of the molecule is CC[C@H](C)NC(=O)Cc1csc(NC(=O)Nc2ccccc2)n1. The highest BCUT2D eigenvalue weighted by Gasteiger charge is 2.11. The topological polar surface area (TPSA) is 83.1 Å². The normalized spacial score (nSPS) is 11.6. The number of rotatable bonds is 6. The summed E-state index contributed by atoms with van der Waals surface area (Å²) in [5.74, 6) is -0.0649. The zero-order valence-corrected chi connectivity index (χ0v) is 13.9. The molecular formula is C16H20N4O2S. The molecule has 0 aliphatic rings. The van der Waals surface area contributed by atoms with Gasteiger partial charge in [-0.2, -0.15) is 0 Å². The maximum Gasteiger partial charge on any atom is 0.325 e. The van der Waals surface area contributed by atoms with Crippen molar-refractivity contribution in [3.63, 3.8) is 0 Å². The highest BCUT2D eigenvalue weighted by molar-refractivity contribution is 7.13. The number of para-hydroxylation sites is 1. The van der Waals surface area contributed by atoms with Crippen molar-refractivity contribution in [2.75, 3.05) is 10.6 Å². The standard InChI is InChI=1S/C16H20N4O2S/c1-3-11(2)17-14(21)9-13-10-23-16(19-13)20-15(22)18-12-7-5-4-6-8-12/h4-8,10-11H,3,9H2,1-2H3,(H,17,21)(H2,18,19,20,22)/t11-/m0/s1. The lowest BCUT2D eigenvalue weighted by Gasteiger charge is -2.10. The second-order valence-corrected chi connectivity index (χ2v) is 6.00. The summed E-state index contributed by atoms with van der Waals surface area (Å²) in [6, 6.07) is 8.94. The molecule has 0 aliphatic carbocycles. The number of urea groups is 1. The van der Waals surface area contributed by atoms with Crippen molar-refractivity contribution in [2.45, 2.75) is 32.7 Å². The summed E-state index contributed by atoms with van der Waals surface area (Å²) in [5, 5.41) is 10.5. The molecule has 1 heterocycles. The Morgan fingerprint density at radius 2 is 1.96 bits per heavy atom. The molecule has 0 spiro atoms. The van der Waals surface area contributed by atoms with E-state index in [0.29, 0.717) is 16.5 Å². The van der Waals surface area contributed by atoms with Crippen LogP contribution in [-0.2, 0) is 11.2 Å². The van der Waals surface area contributed by atoms with E-state index in [2.05, 4.69) is 20.9 Å². The van der Waals surface area contributed by atoms with Gasteiger partial charge in [0.15, 0.2) is 5.13 Å². The minimum atomic E-state index is -0.360. The summed E-state index contributed by atoms with van der Waals surface area (Å²) in [5.41, 5.74) is 1.35. The molecule has 0 aliphatic heterocycles. The highest BCUT2D eigenvalue weighted by atomic mass is 32.1. The lowest BCUT2D eigenvalue weighted by Crippen LogP contribution is -2.33. The van der Waals surface area contributed by atoms with Gasteiger partial charge in [0.2, 0.25) is 5.91 Å². The van der Waals surface area contributed by atoms with E-state index in [0.717, 1.165) is 6.42 Å². The van der Waals surface area contributed by atoms with E-state index in [1.165, 1.54) is 11.3 Å². The smallest absolute Gasteiger partial charge is 0.325 e. The lowest BCUT2D eigenvalue weighted by atomic mass is 10.2. The molecule has 0 fully saturated rings. The van der Waals surface area contributed by atoms with Crippen LogP contribution in [0.1, 0.15) is 26.0 Å². The highest BCUT2D eigenvalue weighted by Crippen LogP contribution is 2.16. The zero-order chi connectivity index (χ0) is 16.7. The number of nitrogens with one attached hydrogen (secondary N) is 3. The van der Waals surface area contributed by atoms with Crippen LogP contribution in [0.2, 0.25) is 0 Å². The molecular weight excluding hydrogens is 312 g/mol. The van der Waals surface area contributed by atoms with Crippen molar-refractivity contribution in [3.8, 4) is 0 Å². The van der Waals surface area contributed by atoms with Gasteiger partial charge in [-0.1, -0.05) is 25.1 Å². The Kier molecular flexibility index (Phi) is 6.10. The van der Waals surface area contributed by atoms with Gasteiger partial charge in [-0.3, -0.25) is 10.1 Å². The van der Waals surface area contributed by atoms with Crippen molar-refractivity contribution < 1.29 is 9.59 Å². The van der Waals surface area contributed by atoms with Gasteiger partial charge in [0.1, 0.15) is 0 Å². The molecule has 7 heteroatoms. The Morgan fingerprint density at radius 3 is 2.65 bits per heavy atom. The van der Waals surface area contributed by atoms with Gasteiger partial charge >= 0.3 is 6.03 Å². The van der Waals surface area contributed by atoms with Crippen LogP contribution < -0.4 is 16.0 Å². The third-order valence-electron chi connectivity index (χ3n) is 3.17. The number of benzene rings is 1. The van der Waals surface area contributed by atoms with Crippen LogP contribution in [0.4, 0.5) is 15.6 Å². The Bertz CT molecular complexity index is 657. The Morgan fingerprint density at radius 1 is 1.22 bits per heavy atom. The van der Waals surface area contributed by atoms with Crippen molar-refractivity contribution >= 4 is 34.1 Å². The molecule has 2 aromatic rings. The summed E-state index contributed by atoms with van der Waals surface area (Å²) in [6.45, 7) is 3.97. The number of thiazole rings is 1. The molecule has 0 radical (unpaired) electrons. The van der Waals surface area contributed by atoms with E-state index >= 15 is 0 Å². The molecule has 23 heavy (non-hydrogen) atoms. The summed E-state index contributed by atoms with van der Waals surface area (Å²) in [7, 11) is 0. The summed E-state index contributed by atoms with van der Waals surface area (Å²) < 4.78 is 0. The van der Waals surface area contributed by atoms with Crippen molar-refractivity contribution in [1.82, 2.24) is 10.3 Å². The largest absolute Gasteiger partial charge is 0.353 e. The predicted molar refractivity (Wildman–Crippen MR) is 92.8 cm³/mol. The van der Waals surface area contributed by atoms with E-state index < -0.39 is 0 Å². The molecule has 1 aromatic heterocycles. The number of anilines is 2. The van der Waals surface area contributed by atoms with Gasteiger partial charge < -0.3 is 10.6 Å². The number of amides is 3. The number of nitrogens with zero attached hydrogens (tertiary/aromatic N) is 1. The van der Waals surface area contributed by atoms with Crippen LogP contribution in [-0.4, -0.2) is 23.0 Å². The van der Waals surface area contributed by atoms with Gasteiger partial charge in [-0.25, -0.2) is 9.78 Å². The first kappa shape index (κ1) is 17.0. The van der Waals surface area contributed by atoms with Crippen LogP contribution in [0.3, 0.4) is 0 Å². The molecule has 2 rings (SSSR count). The van der Waals surface area contributed by atoms with Gasteiger partial charge in [-0.05, 0) is 25.5 Å². The average molecular weight is 332 g/mol. The number of carbonyl (C=O) groups is 2. The monoisotopic (exact) mass is 332 g/mol. The fourth-order valence-corrected chi connectivity index (χ4v) is 2.52. The molecule has 3 amide bonds. The minimum Gasteiger partial charge on any atom is -0.353 e. The maximum atomic E-state index is 11.9. The number of hydrogen-bond donors (Lipinski definition) is 3. The third kappa shape index (κ3) is 5.71. The van der Waals surface area contributed by atoms with Gasteiger partial charge in [0.05, 0.1) is 12.1 Å². The van der Waals surface area contributed by atoms with Crippen LogP contribution in [0.15, 0.2) is 35.7 Å². The molecule has 0 saturated carbocycles. The molecule has 1 aromatic carbocycles. The number of carbonyl (C=O) groups excluding carboxylic acids is 2.